The lowest BCUT2D eigenvalue weighted by Gasteiger charge is -2.26. The van der Waals surface area contributed by atoms with Crippen LogP contribution in [-0.4, -0.2) is 12.3 Å². The van der Waals surface area contributed by atoms with Crippen molar-refractivity contribution in [2.45, 2.75) is 38.2 Å². The maximum atomic E-state index is 12.7. The monoisotopic (exact) mass is 280 g/mol. The fraction of sp³-hybridized carbons (Fsp3) is 0.467. The minimum absolute atomic E-state index is 0.0586. The fourth-order valence-electron chi connectivity index (χ4n) is 2.30. The molecule has 0 spiro atoms. The Labute approximate surface area is 115 Å². The van der Waals surface area contributed by atoms with Gasteiger partial charge < -0.3 is 4.52 Å². The quantitative estimate of drug-likeness (QED) is 0.555. The van der Waals surface area contributed by atoms with E-state index in [1.165, 1.54) is 6.42 Å². The second-order valence-electron chi connectivity index (χ2n) is 4.85. The van der Waals surface area contributed by atoms with E-state index in [0.717, 1.165) is 25.7 Å². The molecule has 0 N–H and O–H groups in total. The zero-order valence-corrected chi connectivity index (χ0v) is 12.1. The molecule has 1 saturated carbocycles. The van der Waals surface area contributed by atoms with Gasteiger partial charge in [0.1, 0.15) is 5.75 Å². The van der Waals surface area contributed by atoms with E-state index in [0.29, 0.717) is 5.75 Å². The Hall–Kier alpha value is -1.05. The molecule has 0 bridgehead atoms. The minimum Gasteiger partial charge on any atom is -0.424 e. The molecule has 0 heterocycles. The van der Waals surface area contributed by atoms with Crippen molar-refractivity contribution in [1.29, 1.82) is 0 Å². The van der Waals surface area contributed by atoms with Gasteiger partial charge in [-0.1, -0.05) is 43.5 Å². The number of rotatable bonds is 6. The van der Waals surface area contributed by atoms with Gasteiger partial charge in [-0.2, -0.15) is 0 Å². The first kappa shape index (κ1) is 14.4. The third kappa shape index (κ3) is 4.52. The van der Waals surface area contributed by atoms with Gasteiger partial charge in [-0.3, -0.25) is 4.52 Å². The van der Waals surface area contributed by atoms with Crippen molar-refractivity contribution < 1.29 is 13.6 Å². The highest BCUT2D eigenvalue weighted by Crippen LogP contribution is 2.50. The van der Waals surface area contributed by atoms with E-state index in [1.807, 2.05) is 18.2 Å². The van der Waals surface area contributed by atoms with Crippen LogP contribution >= 0.6 is 7.60 Å². The molecule has 3 nitrogen and oxygen atoms in total. The standard InChI is InChI=1S/C15H21O3P/c1-2-13-19(16,17-14-9-5-3-6-10-14)18-15-11-7-4-8-12-15/h2-3,5-6,9-10,15H,1,4,7-8,11-13H2. The summed E-state index contributed by atoms with van der Waals surface area (Å²) in [5.74, 6) is 0.587. The number of para-hydroxylation sites is 1. The van der Waals surface area contributed by atoms with Crippen LogP contribution in [0.2, 0.25) is 0 Å². The van der Waals surface area contributed by atoms with Gasteiger partial charge in [0.2, 0.25) is 0 Å². The topological polar surface area (TPSA) is 35.5 Å². The summed E-state index contributed by atoms with van der Waals surface area (Å²) in [6.45, 7) is 3.65. The Morgan fingerprint density at radius 2 is 1.89 bits per heavy atom. The lowest BCUT2D eigenvalue weighted by atomic mass is 9.98. The number of benzene rings is 1. The van der Waals surface area contributed by atoms with Gasteiger partial charge in [-0.25, -0.2) is 4.57 Å². The summed E-state index contributed by atoms with van der Waals surface area (Å²) in [7, 11) is -3.13. The van der Waals surface area contributed by atoms with E-state index in [4.69, 9.17) is 9.05 Å². The molecular formula is C15H21O3P. The zero-order valence-electron chi connectivity index (χ0n) is 11.2. The molecule has 0 aliphatic heterocycles. The van der Waals surface area contributed by atoms with Crippen LogP contribution < -0.4 is 4.52 Å². The Kier molecular flexibility index (Phi) is 5.24. The van der Waals surface area contributed by atoms with Crippen LogP contribution in [0.5, 0.6) is 5.75 Å². The van der Waals surface area contributed by atoms with Crippen LogP contribution in [0.4, 0.5) is 0 Å². The lowest BCUT2D eigenvalue weighted by Crippen LogP contribution is -2.17. The summed E-state index contributed by atoms with van der Waals surface area (Å²) in [4.78, 5) is 0. The molecule has 1 aliphatic carbocycles. The van der Waals surface area contributed by atoms with Gasteiger partial charge >= 0.3 is 7.60 Å². The molecule has 0 saturated heterocycles. The van der Waals surface area contributed by atoms with Gasteiger partial charge in [0.15, 0.2) is 0 Å². The van der Waals surface area contributed by atoms with Crippen molar-refractivity contribution in [1.82, 2.24) is 0 Å². The Morgan fingerprint density at radius 3 is 2.53 bits per heavy atom. The highest BCUT2D eigenvalue weighted by atomic mass is 31.2. The first-order valence-corrected chi connectivity index (χ1v) is 8.58. The molecule has 0 aromatic heterocycles. The molecule has 19 heavy (non-hydrogen) atoms. The van der Waals surface area contributed by atoms with Gasteiger partial charge in [-0.15, -0.1) is 6.58 Å². The Balaban J connectivity index is 2.03. The fourth-order valence-corrected chi connectivity index (χ4v) is 3.93. The van der Waals surface area contributed by atoms with Crippen LogP contribution in [0.3, 0.4) is 0 Å². The predicted molar refractivity (Wildman–Crippen MR) is 77.7 cm³/mol. The molecular weight excluding hydrogens is 259 g/mol. The highest BCUT2D eigenvalue weighted by molar-refractivity contribution is 7.54. The highest BCUT2D eigenvalue weighted by Gasteiger charge is 2.29. The molecule has 1 aliphatic rings. The van der Waals surface area contributed by atoms with Gasteiger partial charge in [0.25, 0.3) is 0 Å². The van der Waals surface area contributed by atoms with Crippen LogP contribution in [0.1, 0.15) is 32.1 Å². The molecule has 1 fully saturated rings. The molecule has 1 aromatic rings. The van der Waals surface area contributed by atoms with E-state index in [9.17, 15) is 4.57 Å². The number of hydrogen-bond acceptors (Lipinski definition) is 3. The summed E-state index contributed by atoms with van der Waals surface area (Å²) < 4.78 is 24.1. The maximum absolute atomic E-state index is 12.7. The SMILES string of the molecule is C=CCP(=O)(Oc1ccccc1)OC1CCCCC1. The summed E-state index contributed by atoms with van der Waals surface area (Å²) in [5, 5.41) is 0. The van der Waals surface area contributed by atoms with Crippen molar-refractivity contribution in [3.05, 3.63) is 43.0 Å². The van der Waals surface area contributed by atoms with Crippen molar-refractivity contribution >= 4 is 7.60 Å². The molecule has 0 radical (unpaired) electrons. The van der Waals surface area contributed by atoms with E-state index in [1.54, 1.807) is 18.2 Å². The van der Waals surface area contributed by atoms with E-state index in [-0.39, 0.29) is 12.3 Å². The number of allylic oxidation sites excluding steroid dienone is 1. The summed E-state index contributed by atoms with van der Waals surface area (Å²) >= 11 is 0. The van der Waals surface area contributed by atoms with Gasteiger partial charge in [-0.05, 0) is 25.0 Å². The maximum Gasteiger partial charge on any atom is 0.383 e. The Morgan fingerprint density at radius 1 is 1.21 bits per heavy atom. The van der Waals surface area contributed by atoms with E-state index >= 15 is 0 Å². The second-order valence-corrected chi connectivity index (χ2v) is 6.83. The van der Waals surface area contributed by atoms with E-state index in [2.05, 4.69) is 6.58 Å². The normalized spacial score (nSPS) is 19.6. The predicted octanol–water partition coefficient (Wildman–Crippen LogP) is 4.79. The average molecular weight is 280 g/mol. The molecule has 1 unspecified atom stereocenters. The van der Waals surface area contributed by atoms with Crippen LogP contribution in [0.25, 0.3) is 0 Å². The van der Waals surface area contributed by atoms with Crippen molar-refractivity contribution in [3.63, 3.8) is 0 Å². The largest absolute Gasteiger partial charge is 0.424 e. The molecule has 4 heteroatoms. The van der Waals surface area contributed by atoms with Crippen LogP contribution in [0, 0.1) is 0 Å². The second kappa shape index (κ2) is 6.93. The van der Waals surface area contributed by atoms with Gasteiger partial charge in [0.05, 0.1) is 12.3 Å². The molecule has 2 rings (SSSR count). The average Bonchev–Trinajstić information content (AvgIpc) is 2.41. The number of hydrogen-bond donors (Lipinski definition) is 0. The third-order valence-electron chi connectivity index (χ3n) is 3.20. The van der Waals surface area contributed by atoms with Crippen LogP contribution in [0.15, 0.2) is 43.0 Å². The zero-order chi connectivity index (χ0) is 13.6. The van der Waals surface area contributed by atoms with Crippen molar-refractivity contribution in [2.75, 3.05) is 6.16 Å². The van der Waals surface area contributed by atoms with Crippen molar-refractivity contribution in [2.24, 2.45) is 0 Å². The van der Waals surface area contributed by atoms with Crippen molar-refractivity contribution in [3.8, 4) is 5.75 Å². The molecule has 104 valence electrons. The molecule has 1 atom stereocenters. The van der Waals surface area contributed by atoms with Gasteiger partial charge in [0, 0.05) is 0 Å². The third-order valence-corrected chi connectivity index (χ3v) is 5.02. The Bertz CT molecular complexity index is 438. The molecule has 1 aromatic carbocycles. The summed E-state index contributed by atoms with van der Waals surface area (Å²) in [5.41, 5.74) is 0. The van der Waals surface area contributed by atoms with E-state index < -0.39 is 7.60 Å². The van der Waals surface area contributed by atoms with Crippen LogP contribution in [-0.2, 0) is 9.09 Å². The molecule has 0 amide bonds. The summed E-state index contributed by atoms with van der Waals surface area (Å²) in [6, 6.07) is 9.19. The first-order valence-electron chi connectivity index (χ1n) is 6.85. The smallest absolute Gasteiger partial charge is 0.383 e. The lowest BCUT2D eigenvalue weighted by molar-refractivity contribution is 0.139. The minimum atomic E-state index is -3.13. The summed E-state index contributed by atoms with van der Waals surface area (Å²) in [6.07, 6.45) is 7.38. The first-order chi connectivity index (χ1) is 9.22.